The van der Waals surface area contributed by atoms with Crippen LogP contribution in [-0.4, -0.2) is 25.1 Å². The third kappa shape index (κ3) is 5.32. The molecule has 1 atom stereocenters. The number of esters is 1. The molecule has 1 amide bonds. The minimum Gasteiger partial charge on any atom is -0.496 e. The monoisotopic (exact) mass is 405 g/mol. The molecule has 0 bridgehead atoms. The molecule has 0 aliphatic heterocycles. The SMILES string of the molecule is COc1ccc(C(=O)O[C@@H](C)C(=O)NCc2ccc(C)cc2)cc1Br. The second kappa shape index (κ2) is 8.67. The lowest BCUT2D eigenvalue weighted by Crippen LogP contribution is -2.35. The fraction of sp³-hybridized carbons (Fsp3) is 0.263. The molecule has 0 unspecified atom stereocenters. The number of methoxy groups -OCH3 is 1. The quantitative estimate of drug-likeness (QED) is 0.745. The lowest BCUT2D eigenvalue weighted by atomic mass is 10.1. The van der Waals surface area contributed by atoms with Gasteiger partial charge in [0.25, 0.3) is 5.91 Å². The first kappa shape index (κ1) is 19.0. The lowest BCUT2D eigenvalue weighted by molar-refractivity contribution is -0.129. The predicted molar refractivity (Wildman–Crippen MR) is 98.6 cm³/mol. The summed E-state index contributed by atoms with van der Waals surface area (Å²) in [6, 6.07) is 12.7. The summed E-state index contributed by atoms with van der Waals surface area (Å²) in [5.74, 6) is -0.303. The fourth-order valence-electron chi connectivity index (χ4n) is 2.11. The van der Waals surface area contributed by atoms with Crippen molar-refractivity contribution in [3.05, 3.63) is 63.6 Å². The molecule has 0 radical (unpaired) electrons. The highest BCUT2D eigenvalue weighted by molar-refractivity contribution is 9.10. The summed E-state index contributed by atoms with van der Waals surface area (Å²) in [5.41, 5.74) is 2.48. The van der Waals surface area contributed by atoms with Crippen molar-refractivity contribution in [2.24, 2.45) is 0 Å². The molecular weight excluding hydrogens is 386 g/mol. The maximum Gasteiger partial charge on any atom is 0.338 e. The number of ether oxygens (including phenoxy) is 2. The number of carbonyl (C=O) groups is 2. The van der Waals surface area contributed by atoms with Crippen molar-refractivity contribution >= 4 is 27.8 Å². The molecule has 0 aromatic heterocycles. The topological polar surface area (TPSA) is 64.6 Å². The third-order valence-electron chi connectivity index (χ3n) is 3.63. The van der Waals surface area contributed by atoms with Gasteiger partial charge in [-0.1, -0.05) is 29.8 Å². The number of carbonyl (C=O) groups excluding carboxylic acids is 2. The second-order valence-corrected chi connectivity index (χ2v) is 6.45. The number of amides is 1. The van der Waals surface area contributed by atoms with E-state index in [0.717, 1.165) is 11.1 Å². The van der Waals surface area contributed by atoms with E-state index in [1.807, 2.05) is 31.2 Å². The number of nitrogens with one attached hydrogen (secondary N) is 1. The van der Waals surface area contributed by atoms with Gasteiger partial charge in [0.2, 0.25) is 0 Å². The van der Waals surface area contributed by atoms with Crippen molar-refractivity contribution in [2.75, 3.05) is 7.11 Å². The molecule has 0 fully saturated rings. The zero-order valence-electron chi connectivity index (χ0n) is 14.3. The Kier molecular flexibility index (Phi) is 6.58. The van der Waals surface area contributed by atoms with Gasteiger partial charge in [0.05, 0.1) is 17.1 Å². The molecule has 2 aromatic rings. The number of rotatable bonds is 6. The van der Waals surface area contributed by atoms with Crippen LogP contribution >= 0.6 is 15.9 Å². The molecule has 0 aliphatic rings. The highest BCUT2D eigenvalue weighted by atomic mass is 79.9. The Bertz CT molecular complexity index is 759. The molecule has 132 valence electrons. The van der Waals surface area contributed by atoms with Gasteiger partial charge in [-0.3, -0.25) is 4.79 Å². The second-order valence-electron chi connectivity index (χ2n) is 5.60. The highest BCUT2D eigenvalue weighted by Crippen LogP contribution is 2.25. The maximum absolute atomic E-state index is 12.2. The standard InChI is InChI=1S/C19H20BrNO4/c1-12-4-6-14(7-5-12)11-21-18(22)13(2)25-19(23)15-8-9-17(24-3)16(20)10-15/h4-10,13H,11H2,1-3H3,(H,21,22)/t13-/m0/s1. The molecule has 2 rings (SSSR count). The summed E-state index contributed by atoms with van der Waals surface area (Å²) >= 11 is 3.31. The van der Waals surface area contributed by atoms with E-state index in [-0.39, 0.29) is 5.91 Å². The normalized spacial score (nSPS) is 11.5. The maximum atomic E-state index is 12.2. The molecular formula is C19H20BrNO4. The molecule has 0 aliphatic carbocycles. The van der Waals surface area contributed by atoms with Crippen LogP contribution in [0.5, 0.6) is 5.75 Å². The van der Waals surface area contributed by atoms with Crippen LogP contribution in [0.15, 0.2) is 46.9 Å². The van der Waals surface area contributed by atoms with Crippen LogP contribution in [0, 0.1) is 6.92 Å². The van der Waals surface area contributed by atoms with Crippen LogP contribution in [0.4, 0.5) is 0 Å². The minimum atomic E-state index is -0.890. The predicted octanol–water partition coefficient (Wildman–Crippen LogP) is 3.63. The van der Waals surface area contributed by atoms with Crippen molar-refractivity contribution in [2.45, 2.75) is 26.5 Å². The van der Waals surface area contributed by atoms with Crippen molar-refractivity contribution in [3.8, 4) is 5.75 Å². The first-order valence-electron chi connectivity index (χ1n) is 7.78. The van der Waals surface area contributed by atoms with Crippen LogP contribution in [0.2, 0.25) is 0 Å². The summed E-state index contributed by atoms with van der Waals surface area (Å²) in [4.78, 5) is 24.3. The van der Waals surface area contributed by atoms with Gasteiger partial charge in [0.1, 0.15) is 5.75 Å². The van der Waals surface area contributed by atoms with Crippen molar-refractivity contribution < 1.29 is 19.1 Å². The average molecular weight is 406 g/mol. The molecule has 25 heavy (non-hydrogen) atoms. The van der Waals surface area contributed by atoms with Crippen molar-refractivity contribution in [1.29, 1.82) is 0 Å². The van der Waals surface area contributed by atoms with Gasteiger partial charge in [0.15, 0.2) is 6.10 Å². The Morgan fingerprint density at radius 2 is 1.84 bits per heavy atom. The Hall–Kier alpha value is -2.34. The zero-order valence-corrected chi connectivity index (χ0v) is 15.9. The molecule has 0 saturated carbocycles. The molecule has 1 N–H and O–H groups in total. The van der Waals surface area contributed by atoms with Crippen molar-refractivity contribution in [3.63, 3.8) is 0 Å². The third-order valence-corrected chi connectivity index (χ3v) is 4.25. The van der Waals surface area contributed by atoms with Gasteiger partial charge in [-0.2, -0.15) is 0 Å². The van der Waals surface area contributed by atoms with Gasteiger partial charge in [-0.05, 0) is 53.5 Å². The van der Waals surface area contributed by atoms with Crippen LogP contribution in [0.1, 0.15) is 28.4 Å². The number of aryl methyl sites for hydroxylation is 1. The van der Waals surface area contributed by atoms with E-state index >= 15 is 0 Å². The Morgan fingerprint density at radius 1 is 1.16 bits per heavy atom. The molecule has 0 saturated heterocycles. The van der Waals surface area contributed by atoms with E-state index in [4.69, 9.17) is 9.47 Å². The summed E-state index contributed by atoms with van der Waals surface area (Å²) < 4.78 is 11.0. The van der Waals surface area contributed by atoms with Gasteiger partial charge in [0, 0.05) is 6.54 Å². The number of hydrogen-bond acceptors (Lipinski definition) is 4. The Labute approximate surface area is 155 Å². The van der Waals surface area contributed by atoms with Gasteiger partial charge >= 0.3 is 5.97 Å². The van der Waals surface area contributed by atoms with Gasteiger partial charge in [-0.15, -0.1) is 0 Å². The van der Waals surface area contributed by atoms with E-state index in [1.165, 1.54) is 0 Å². The first-order valence-corrected chi connectivity index (χ1v) is 8.57. The lowest BCUT2D eigenvalue weighted by Gasteiger charge is -2.14. The average Bonchev–Trinajstić information content (AvgIpc) is 2.60. The fourth-order valence-corrected chi connectivity index (χ4v) is 2.65. The zero-order chi connectivity index (χ0) is 18.4. The van der Waals surface area contributed by atoms with Crippen LogP contribution < -0.4 is 10.1 Å². The number of hydrogen-bond donors (Lipinski definition) is 1. The van der Waals surface area contributed by atoms with Gasteiger partial charge < -0.3 is 14.8 Å². The molecule has 0 heterocycles. The highest BCUT2D eigenvalue weighted by Gasteiger charge is 2.19. The van der Waals surface area contributed by atoms with E-state index in [0.29, 0.717) is 22.3 Å². The largest absolute Gasteiger partial charge is 0.496 e. The molecule has 0 spiro atoms. The van der Waals surface area contributed by atoms with Crippen LogP contribution in [0.3, 0.4) is 0 Å². The molecule has 2 aromatic carbocycles. The van der Waals surface area contributed by atoms with Crippen LogP contribution in [-0.2, 0) is 16.1 Å². The van der Waals surface area contributed by atoms with Crippen molar-refractivity contribution in [1.82, 2.24) is 5.32 Å². The molecule has 5 nitrogen and oxygen atoms in total. The first-order chi connectivity index (χ1) is 11.9. The van der Waals surface area contributed by atoms with E-state index in [2.05, 4.69) is 21.2 Å². The summed E-state index contributed by atoms with van der Waals surface area (Å²) in [7, 11) is 1.54. The summed E-state index contributed by atoms with van der Waals surface area (Å²) in [5, 5.41) is 2.76. The van der Waals surface area contributed by atoms with Crippen LogP contribution in [0.25, 0.3) is 0 Å². The smallest absolute Gasteiger partial charge is 0.338 e. The summed E-state index contributed by atoms with van der Waals surface area (Å²) in [6.07, 6.45) is -0.890. The molecule has 6 heteroatoms. The van der Waals surface area contributed by atoms with E-state index < -0.39 is 12.1 Å². The van der Waals surface area contributed by atoms with E-state index in [1.54, 1.807) is 32.2 Å². The Balaban J connectivity index is 1.90. The van der Waals surface area contributed by atoms with Gasteiger partial charge in [-0.25, -0.2) is 4.79 Å². The Morgan fingerprint density at radius 3 is 2.44 bits per heavy atom. The summed E-state index contributed by atoms with van der Waals surface area (Å²) in [6.45, 7) is 3.93. The number of benzene rings is 2. The van der Waals surface area contributed by atoms with E-state index in [9.17, 15) is 9.59 Å². The minimum absolute atomic E-state index is 0.339. The number of halogens is 1.